The van der Waals surface area contributed by atoms with Gasteiger partial charge in [0.05, 0.1) is 41.1 Å². The molecule has 0 N–H and O–H groups in total. The summed E-state index contributed by atoms with van der Waals surface area (Å²) in [6.45, 7) is 7.80. The van der Waals surface area contributed by atoms with Crippen LogP contribution in [0.2, 0.25) is 0 Å². The number of nitrogens with zero attached hydrogens (tertiary/aromatic N) is 2. The number of thiazole rings is 1. The first-order valence-electron chi connectivity index (χ1n) is 11.6. The van der Waals surface area contributed by atoms with Gasteiger partial charge in [-0.25, -0.2) is 14.6 Å². The molecule has 2 aromatic carbocycles. The normalized spacial score (nSPS) is 15.0. The Hall–Kier alpha value is -4.24. The quantitative estimate of drug-likeness (QED) is 0.336. The summed E-state index contributed by atoms with van der Waals surface area (Å²) in [5.74, 6) is -0.332. The largest absolute Gasteiger partial charge is 0.494 e. The van der Waals surface area contributed by atoms with Gasteiger partial charge in [-0.05, 0) is 55.3 Å². The van der Waals surface area contributed by atoms with Crippen molar-refractivity contribution in [2.75, 3.05) is 20.3 Å². The Morgan fingerprint density at radius 2 is 1.81 bits per heavy atom. The number of hydrogen-bond acceptors (Lipinski definition) is 8. The SMILES string of the molecule is C=CCOC(=O)C1=C(C)N=c2sc(=Cc3ccc(OCC)cc3)c(=O)n2C1c1ccc(C(=O)OC)cc1. The lowest BCUT2D eigenvalue weighted by molar-refractivity contribution is -0.138. The maximum Gasteiger partial charge on any atom is 0.338 e. The summed E-state index contributed by atoms with van der Waals surface area (Å²) in [7, 11) is 1.30. The summed E-state index contributed by atoms with van der Waals surface area (Å²) < 4.78 is 17.6. The van der Waals surface area contributed by atoms with E-state index in [1.807, 2.05) is 31.2 Å². The molecule has 1 atom stereocenters. The minimum Gasteiger partial charge on any atom is -0.494 e. The van der Waals surface area contributed by atoms with Crippen LogP contribution >= 0.6 is 11.3 Å². The Bertz CT molecular complexity index is 1550. The molecule has 9 heteroatoms. The van der Waals surface area contributed by atoms with E-state index >= 15 is 0 Å². The van der Waals surface area contributed by atoms with Crippen molar-refractivity contribution in [2.45, 2.75) is 19.9 Å². The van der Waals surface area contributed by atoms with Gasteiger partial charge in [0, 0.05) is 0 Å². The average molecular weight is 519 g/mol. The zero-order chi connectivity index (χ0) is 26.5. The summed E-state index contributed by atoms with van der Waals surface area (Å²) in [5.41, 5.74) is 2.21. The first kappa shape index (κ1) is 25.8. The molecule has 0 saturated heterocycles. The Kier molecular flexibility index (Phi) is 7.83. The summed E-state index contributed by atoms with van der Waals surface area (Å²) in [6, 6.07) is 13.2. The molecule has 1 aliphatic rings. The highest BCUT2D eigenvalue weighted by atomic mass is 32.1. The van der Waals surface area contributed by atoms with Crippen LogP contribution in [-0.4, -0.2) is 36.8 Å². The number of fused-ring (bicyclic) bond motifs is 1. The van der Waals surface area contributed by atoms with Gasteiger partial charge in [0.2, 0.25) is 0 Å². The van der Waals surface area contributed by atoms with Crippen LogP contribution in [0.15, 0.2) is 82.2 Å². The zero-order valence-electron chi connectivity index (χ0n) is 20.7. The van der Waals surface area contributed by atoms with Crippen molar-refractivity contribution in [3.63, 3.8) is 0 Å². The molecule has 0 spiro atoms. The van der Waals surface area contributed by atoms with E-state index in [1.165, 1.54) is 29.1 Å². The minimum atomic E-state index is -0.789. The molecule has 0 amide bonds. The van der Waals surface area contributed by atoms with Crippen LogP contribution in [0, 0.1) is 0 Å². The van der Waals surface area contributed by atoms with E-state index in [0.29, 0.717) is 32.8 Å². The maximum atomic E-state index is 13.7. The molecular weight excluding hydrogens is 492 g/mol. The summed E-state index contributed by atoms with van der Waals surface area (Å²) in [4.78, 5) is 43.7. The van der Waals surface area contributed by atoms with Crippen LogP contribution in [0.5, 0.6) is 5.75 Å². The third kappa shape index (κ3) is 5.31. The zero-order valence-corrected chi connectivity index (χ0v) is 21.5. The van der Waals surface area contributed by atoms with Crippen molar-refractivity contribution in [3.05, 3.63) is 109 Å². The van der Waals surface area contributed by atoms with Gasteiger partial charge >= 0.3 is 11.9 Å². The number of ether oxygens (including phenoxy) is 3. The second kappa shape index (κ2) is 11.2. The van der Waals surface area contributed by atoms with Gasteiger partial charge in [-0.2, -0.15) is 0 Å². The number of allylic oxidation sites excluding steroid dienone is 1. The molecule has 2 heterocycles. The van der Waals surface area contributed by atoms with Gasteiger partial charge in [0.1, 0.15) is 12.4 Å². The Morgan fingerprint density at radius 3 is 2.43 bits per heavy atom. The summed E-state index contributed by atoms with van der Waals surface area (Å²) in [6.07, 6.45) is 3.26. The number of aromatic nitrogens is 1. The van der Waals surface area contributed by atoms with Crippen LogP contribution in [0.4, 0.5) is 0 Å². The highest BCUT2D eigenvalue weighted by Crippen LogP contribution is 2.31. The van der Waals surface area contributed by atoms with E-state index < -0.39 is 18.0 Å². The third-order valence-electron chi connectivity index (χ3n) is 5.71. The number of hydrogen-bond donors (Lipinski definition) is 0. The lowest BCUT2D eigenvalue weighted by atomic mass is 9.95. The van der Waals surface area contributed by atoms with E-state index in [-0.39, 0.29) is 17.7 Å². The number of rotatable bonds is 8. The Labute approximate surface area is 217 Å². The van der Waals surface area contributed by atoms with Crippen molar-refractivity contribution in [1.29, 1.82) is 0 Å². The van der Waals surface area contributed by atoms with Crippen molar-refractivity contribution in [3.8, 4) is 5.75 Å². The maximum absolute atomic E-state index is 13.7. The highest BCUT2D eigenvalue weighted by Gasteiger charge is 2.33. The standard InChI is InChI=1S/C28H26N2O6S/c1-5-15-36-27(33)23-17(3)29-28-30(24(23)19-9-11-20(12-10-19)26(32)34-4)25(31)22(37-28)16-18-7-13-21(14-8-18)35-6-2/h5,7-14,16,24H,1,6,15H2,2-4H3. The molecule has 4 rings (SSSR count). The second-order valence-corrected chi connectivity index (χ2v) is 9.09. The van der Waals surface area contributed by atoms with E-state index in [1.54, 1.807) is 37.3 Å². The van der Waals surface area contributed by atoms with Crippen LogP contribution < -0.4 is 19.6 Å². The van der Waals surface area contributed by atoms with Crippen LogP contribution in [0.3, 0.4) is 0 Å². The van der Waals surface area contributed by atoms with Gasteiger partial charge in [-0.3, -0.25) is 9.36 Å². The van der Waals surface area contributed by atoms with Crippen molar-refractivity contribution >= 4 is 29.4 Å². The molecule has 37 heavy (non-hydrogen) atoms. The molecule has 8 nitrogen and oxygen atoms in total. The number of carbonyl (C=O) groups excluding carboxylic acids is 2. The molecule has 0 radical (unpaired) electrons. The fourth-order valence-corrected chi connectivity index (χ4v) is 5.05. The first-order chi connectivity index (χ1) is 17.9. The molecule has 0 bridgehead atoms. The van der Waals surface area contributed by atoms with Crippen molar-refractivity contribution in [2.24, 2.45) is 4.99 Å². The highest BCUT2D eigenvalue weighted by molar-refractivity contribution is 7.07. The van der Waals surface area contributed by atoms with Gasteiger partial charge in [0.25, 0.3) is 5.56 Å². The number of methoxy groups -OCH3 is 1. The van der Waals surface area contributed by atoms with E-state index in [4.69, 9.17) is 14.2 Å². The third-order valence-corrected chi connectivity index (χ3v) is 6.69. The number of carbonyl (C=O) groups is 2. The fraction of sp³-hybridized carbons (Fsp3) is 0.214. The topological polar surface area (TPSA) is 96.2 Å². The van der Waals surface area contributed by atoms with Crippen LogP contribution in [0.1, 0.15) is 41.4 Å². The van der Waals surface area contributed by atoms with Gasteiger partial charge in [-0.15, -0.1) is 0 Å². The molecule has 0 fully saturated rings. The lowest BCUT2D eigenvalue weighted by Gasteiger charge is -2.24. The molecule has 1 aliphatic heterocycles. The predicted octanol–water partition coefficient (Wildman–Crippen LogP) is 3.15. The molecular formula is C28H26N2O6S. The lowest BCUT2D eigenvalue weighted by Crippen LogP contribution is -2.40. The molecule has 1 unspecified atom stereocenters. The van der Waals surface area contributed by atoms with Gasteiger partial charge in [-0.1, -0.05) is 48.3 Å². The summed E-state index contributed by atoms with van der Waals surface area (Å²) >= 11 is 1.24. The Balaban J connectivity index is 1.86. The molecule has 0 saturated carbocycles. The summed E-state index contributed by atoms with van der Waals surface area (Å²) in [5, 5.41) is 0. The van der Waals surface area contributed by atoms with Gasteiger partial charge < -0.3 is 14.2 Å². The van der Waals surface area contributed by atoms with Crippen molar-refractivity contribution in [1.82, 2.24) is 4.57 Å². The first-order valence-corrected chi connectivity index (χ1v) is 12.4. The van der Waals surface area contributed by atoms with E-state index in [0.717, 1.165) is 11.3 Å². The Morgan fingerprint density at radius 1 is 1.11 bits per heavy atom. The predicted molar refractivity (Wildman–Crippen MR) is 140 cm³/mol. The second-order valence-electron chi connectivity index (χ2n) is 8.08. The smallest absolute Gasteiger partial charge is 0.338 e. The molecule has 0 aliphatic carbocycles. The van der Waals surface area contributed by atoms with Crippen molar-refractivity contribution < 1.29 is 23.8 Å². The molecule has 190 valence electrons. The number of esters is 2. The van der Waals surface area contributed by atoms with Crippen LogP contribution in [0.25, 0.3) is 6.08 Å². The van der Waals surface area contributed by atoms with Crippen LogP contribution in [-0.2, 0) is 14.3 Å². The number of benzene rings is 2. The monoisotopic (exact) mass is 518 g/mol. The molecule has 3 aromatic rings. The fourth-order valence-electron chi connectivity index (χ4n) is 4.01. The van der Waals surface area contributed by atoms with Gasteiger partial charge in [0.15, 0.2) is 4.80 Å². The molecule has 1 aromatic heterocycles. The minimum absolute atomic E-state index is 0.0196. The van der Waals surface area contributed by atoms with E-state index in [9.17, 15) is 14.4 Å². The van der Waals surface area contributed by atoms with E-state index in [2.05, 4.69) is 11.6 Å². The average Bonchev–Trinajstić information content (AvgIpc) is 3.21.